The van der Waals surface area contributed by atoms with Gasteiger partial charge in [-0.15, -0.1) is 0 Å². The topological polar surface area (TPSA) is 57.2 Å². The largest absolute Gasteiger partial charge is 0.748 e. The Bertz CT molecular complexity index is 428. The summed E-state index contributed by atoms with van der Waals surface area (Å²) in [5.41, 5.74) is 0.950. The van der Waals surface area contributed by atoms with Crippen LogP contribution in [0.5, 0.6) is 0 Å². The van der Waals surface area contributed by atoms with Gasteiger partial charge in [-0.2, -0.15) is 0 Å². The quantitative estimate of drug-likeness (QED) is 0.768. The summed E-state index contributed by atoms with van der Waals surface area (Å²) >= 11 is 5.80. The van der Waals surface area contributed by atoms with Gasteiger partial charge in [0.1, 0.15) is 0 Å². The average Bonchev–Trinajstić information content (AvgIpc) is 2.13. The molecule has 0 spiro atoms. The first-order valence-corrected chi connectivity index (χ1v) is 6.53. The Morgan fingerprint density at radius 1 is 1.47 bits per heavy atom. The number of rotatable bonds is 4. The van der Waals surface area contributed by atoms with Gasteiger partial charge in [-0.1, -0.05) is 30.7 Å². The molecule has 1 unspecified atom stereocenters. The Kier molecular flexibility index (Phi) is 4.13. The molecule has 1 aromatic carbocycles. The van der Waals surface area contributed by atoms with Crippen molar-refractivity contribution in [2.24, 2.45) is 0 Å². The number of hydrogen-bond acceptors (Lipinski definition) is 3. The van der Waals surface area contributed by atoms with Gasteiger partial charge in [0.25, 0.3) is 0 Å². The Hall–Kier alpha value is -0.580. The highest BCUT2D eigenvalue weighted by atomic mass is 35.5. The molecule has 1 rings (SSSR count). The highest BCUT2D eigenvalue weighted by molar-refractivity contribution is 7.85. The molecule has 1 atom stereocenters. The minimum absolute atomic E-state index is 0.0208. The summed E-state index contributed by atoms with van der Waals surface area (Å²) in [6.07, 6.45) is 0.326. The predicted molar refractivity (Wildman–Crippen MR) is 59.0 cm³/mol. The first-order chi connectivity index (χ1) is 6.88. The van der Waals surface area contributed by atoms with E-state index in [-0.39, 0.29) is 11.7 Å². The SMILES string of the molecule is CC(CCS(=O)(=O)[O-])c1cccc(Cl)c1. The maximum absolute atomic E-state index is 10.5. The molecule has 0 saturated heterocycles. The van der Waals surface area contributed by atoms with Gasteiger partial charge in [0, 0.05) is 10.8 Å². The molecule has 0 amide bonds. The molecule has 0 bridgehead atoms. The van der Waals surface area contributed by atoms with Crippen molar-refractivity contribution in [3.8, 4) is 0 Å². The van der Waals surface area contributed by atoms with Gasteiger partial charge in [-0.3, -0.25) is 0 Å². The van der Waals surface area contributed by atoms with E-state index in [1.165, 1.54) is 0 Å². The lowest BCUT2D eigenvalue weighted by atomic mass is 9.99. The first kappa shape index (κ1) is 12.5. The molecule has 0 heterocycles. The number of benzene rings is 1. The van der Waals surface area contributed by atoms with Gasteiger partial charge in [0.15, 0.2) is 0 Å². The lowest BCUT2D eigenvalue weighted by Gasteiger charge is -2.13. The standard InChI is InChI=1S/C10H13ClO3S/c1-8(5-6-15(12,13)14)9-3-2-4-10(11)7-9/h2-4,7-8H,5-6H2,1H3,(H,12,13,14)/p-1. The monoisotopic (exact) mass is 247 g/mol. The molecule has 3 nitrogen and oxygen atoms in total. The van der Waals surface area contributed by atoms with Crippen LogP contribution in [-0.2, 0) is 10.1 Å². The highest BCUT2D eigenvalue weighted by Gasteiger charge is 2.07. The van der Waals surface area contributed by atoms with Crippen LogP contribution in [-0.4, -0.2) is 18.7 Å². The summed E-state index contributed by atoms with van der Waals surface area (Å²) in [5.74, 6) is -0.312. The molecule has 0 aliphatic heterocycles. The van der Waals surface area contributed by atoms with Gasteiger partial charge in [-0.25, -0.2) is 8.42 Å². The van der Waals surface area contributed by atoms with E-state index >= 15 is 0 Å². The van der Waals surface area contributed by atoms with Gasteiger partial charge >= 0.3 is 0 Å². The van der Waals surface area contributed by atoms with E-state index in [4.69, 9.17) is 11.6 Å². The Balaban J connectivity index is 2.65. The van der Waals surface area contributed by atoms with Crippen LogP contribution in [0.3, 0.4) is 0 Å². The summed E-state index contributed by atoms with van der Waals surface area (Å²) in [7, 11) is -4.12. The van der Waals surface area contributed by atoms with Crippen molar-refractivity contribution in [1.82, 2.24) is 0 Å². The predicted octanol–water partition coefficient (Wildman–Crippen LogP) is 2.38. The smallest absolute Gasteiger partial charge is 0.0946 e. The van der Waals surface area contributed by atoms with Crippen molar-refractivity contribution in [1.29, 1.82) is 0 Å². The van der Waals surface area contributed by atoms with Crippen molar-refractivity contribution < 1.29 is 13.0 Å². The fraction of sp³-hybridized carbons (Fsp3) is 0.400. The van der Waals surface area contributed by atoms with Gasteiger partial charge < -0.3 is 4.55 Å². The van der Waals surface area contributed by atoms with Crippen LogP contribution in [0.2, 0.25) is 5.02 Å². The molecular formula is C10H12ClO3S-. The zero-order valence-electron chi connectivity index (χ0n) is 8.31. The van der Waals surface area contributed by atoms with E-state index in [1.807, 2.05) is 13.0 Å². The van der Waals surface area contributed by atoms with Crippen molar-refractivity contribution in [3.63, 3.8) is 0 Å². The maximum Gasteiger partial charge on any atom is 0.0946 e. The van der Waals surface area contributed by atoms with E-state index in [2.05, 4.69) is 0 Å². The normalized spacial score (nSPS) is 13.8. The molecule has 0 fully saturated rings. The second-order valence-corrected chi connectivity index (χ2v) is 5.47. The Morgan fingerprint density at radius 2 is 2.13 bits per heavy atom. The number of halogens is 1. The number of hydrogen-bond donors (Lipinski definition) is 0. The van der Waals surface area contributed by atoms with Crippen LogP contribution >= 0.6 is 11.6 Å². The zero-order chi connectivity index (χ0) is 11.5. The summed E-state index contributed by atoms with van der Waals surface area (Å²) in [4.78, 5) is 0. The van der Waals surface area contributed by atoms with E-state index < -0.39 is 10.1 Å². The lowest BCUT2D eigenvalue weighted by molar-refractivity contribution is 0.459. The van der Waals surface area contributed by atoms with Gasteiger partial charge in [-0.05, 0) is 30.0 Å². The minimum atomic E-state index is -4.12. The second kappa shape index (κ2) is 4.96. The summed E-state index contributed by atoms with van der Waals surface area (Å²) < 4.78 is 31.4. The average molecular weight is 248 g/mol. The van der Waals surface area contributed by atoms with E-state index in [1.54, 1.807) is 18.2 Å². The molecule has 5 heteroatoms. The third kappa shape index (κ3) is 4.64. The molecule has 1 aromatic rings. The van der Waals surface area contributed by atoms with Crippen molar-refractivity contribution in [3.05, 3.63) is 34.9 Å². The molecule has 0 saturated carbocycles. The molecule has 0 aromatic heterocycles. The molecule has 84 valence electrons. The molecular weight excluding hydrogens is 236 g/mol. The van der Waals surface area contributed by atoms with Crippen molar-refractivity contribution >= 4 is 21.7 Å². The highest BCUT2D eigenvalue weighted by Crippen LogP contribution is 2.22. The fourth-order valence-corrected chi connectivity index (χ4v) is 2.14. The Labute approximate surface area is 94.8 Å². The molecule has 0 aliphatic carbocycles. The van der Waals surface area contributed by atoms with Crippen LogP contribution < -0.4 is 0 Å². The van der Waals surface area contributed by atoms with Crippen molar-refractivity contribution in [2.75, 3.05) is 5.75 Å². The van der Waals surface area contributed by atoms with Crippen LogP contribution in [0.15, 0.2) is 24.3 Å². The maximum atomic E-state index is 10.5. The van der Waals surface area contributed by atoms with Gasteiger partial charge in [0.05, 0.1) is 10.1 Å². The van der Waals surface area contributed by atoms with E-state index in [0.29, 0.717) is 11.4 Å². The summed E-state index contributed by atoms with van der Waals surface area (Å²) in [6, 6.07) is 7.21. The third-order valence-electron chi connectivity index (χ3n) is 2.22. The van der Waals surface area contributed by atoms with Crippen LogP contribution in [0.4, 0.5) is 0 Å². The fourth-order valence-electron chi connectivity index (χ4n) is 1.30. The van der Waals surface area contributed by atoms with Crippen LogP contribution in [0, 0.1) is 0 Å². The zero-order valence-corrected chi connectivity index (χ0v) is 9.88. The van der Waals surface area contributed by atoms with Crippen LogP contribution in [0.25, 0.3) is 0 Å². The Morgan fingerprint density at radius 3 is 2.67 bits per heavy atom. The molecule has 0 radical (unpaired) electrons. The lowest BCUT2D eigenvalue weighted by Crippen LogP contribution is -2.07. The van der Waals surface area contributed by atoms with Crippen LogP contribution in [0.1, 0.15) is 24.8 Å². The van der Waals surface area contributed by atoms with E-state index in [0.717, 1.165) is 5.56 Å². The minimum Gasteiger partial charge on any atom is -0.748 e. The van der Waals surface area contributed by atoms with E-state index in [9.17, 15) is 13.0 Å². The summed E-state index contributed by atoms with van der Waals surface area (Å²) in [5, 5.41) is 0.615. The third-order valence-corrected chi connectivity index (χ3v) is 3.19. The summed E-state index contributed by atoms with van der Waals surface area (Å²) in [6.45, 7) is 1.87. The second-order valence-electron chi connectivity index (χ2n) is 3.51. The molecule has 0 aliphatic rings. The first-order valence-electron chi connectivity index (χ1n) is 4.57. The van der Waals surface area contributed by atoms with Crippen molar-refractivity contribution in [2.45, 2.75) is 19.3 Å². The molecule has 0 N–H and O–H groups in total. The molecule has 15 heavy (non-hydrogen) atoms. The van der Waals surface area contributed by atoms with Gasteiger partial charge in [0.2, 0.25) is 0 Å².